The lowest BCUT2D eigenvalue weighted by Gasteiger charge is -2.17. The molecule has 0 unspecified atom stereocenters. The van der Waals surface area contributed by atoms with Gasteiger partial charge in [0.25, 0.3) is 0 Å². The molecule has 0 aromatic heterocycles. The van der Waals surface area contributed by atoms with Gasteiger partial charge in [-0.25, -0.2) is 0 Å². The Morgan fingerprint density at radius 1 is 1.40 bits per heavy atom. The predicted molar refractivity (Wildman–Crippen MR) is 51.6 cm³/mol. The monoisotopic (exact) mass is 222 g/mol. The number of hydrogen-bond acceptors (Lipinski definition) is 2. The molecule has 1 amide bonds. The van der Waals surface area contributed by atoms with Crippen molar-refractivity contribution in [2.45, 2.75) is 20.0 Å². The van der Waals surface area contributed by atoms with Crippen LogP contribution in [0.25, 0.3) is 0 Å². The molecule has 0 aliphatic carbocycles. The van der Waals surface area contributed by atoms with E-state index in [-0.39, 0.29) is 18.0 Å². The largest absolute Gasteiger partial charge is 0.433 e. The molecule has 0 fully saturated rings. The number of hydrogen-bond donors (Lipinski definition) is 0. The smallest absolute Gasteiger partial charge is 0.342 e. The van der Waals surface area contributed by atoms with Crippen LogP contribution in [0.3, 0.4) is 0 Å². The van der Waals surface area contributed by atoms with Crippen molar-refractivity contribution in [2.24, 2.45) is 4.99 Å². The maximum absolute atomic E-state index is 12.3. The van der Waals surface area contributed by atoms with Crippen LogP contribution in [0.4, 0.5) is 13.2 Å². The highest BCUT2D eigenvalue weighted by atomic mass is 19.4. The van der Waals surface area contributed by atoms with E-state index in [2.05, 4.69) is 11.7 Å². The molecule has 0 aromatic rings. The number of carbonyl (C=O) groups is 1. The maximum Gasteiger partial charge on any atom is 0.433 e. The first kappa shape index (κ1) is 13.7. The summed E-state index contributed by atoms with van der Waals surface area (Å²) in [6, 6.07) is 0. The third-order valence-corrected chi connectivity index (χ3v) is 1.84. The third kappa shape index (κ3) is 4.14. The van der Waals surface area contributed by atoms with E-state index in [0.29, 0.717) is 0 Å². The minimum Gasteiger partial charge on any atom is -0.342 e. The standard InChI is InChI=1S/C9H13F3N2O/c1-6(5-14(4)7(2)15)8(13-3)9(10,11)12/h3,5H2,1-2,4H3. The molecular weight excluding hydrogens is 209 g/mol. The van der Waals surface area contributed by atoms with Crippen LogP contribution in [-0.4, -0.2) is 37.3 Å². The van der Waals surface area contributed by atoms with E-state index in [0.717, 1.165) is 0 Å². The van der Waals surface area contributed by atoms with Crippen LogP contribution in [0.15, 0.2) is 16.3 Å². The van der Waals surface area contributed by atoms with Gasteiger partial charge in [0.2, 0.25) is 5.91 Å². The Labute approximate surface area is 86.3 Å². The van der Waals surface area contributed by atoms with Gasteiger partial charge in [-0.1, -0.05) is 0 Å². The summed E-state index contributed by atoms with van der Waals surface area (Å²) in [7, 11) is 1.42. The molecule has 6 heteroatoms. The predicted octanol–water partition coefficient (Wildman–Crippen LogP) is 2.00. The summed E-state index contributed by atoms with van der Waals surface area (Å²) in [5.41, 5.74) is -1.06. The second-order valence-electron chi connectivity index (χ2n) is 3.16. The Morgan fingerprint density at radius 3 is 2.13 bits per heavy atom. The van der Waals surface area contributed by atoms with Crippen molar-refractivity contribution < 1.29 is 18.0 Å². The molecule has 0 aliphatic heterocycles. The number of allylic oxidation sites excluding steroid dienone is 1. The van der Waals surface area contributed by atoms with Gasteiger partial charge in [-0.15, -0.1) is 0 Å². The molecule has 3 nitrogen and oxygen atoms in total. The fourth-order valence-corrected chi connectivity index (χ4v) is 1.01. The number of aliphatic imine (C=N–C) groups is 1. The molecule has 0 aliphatic rings. The SMILES string of the molecule is C=NC(=C(C)CN(C)C(C)=O)C(F)(F)F. The number of nitrogens with zero attached hydrogens (tertiary/aromatic N) is 2. The summed E-state index contributed by atoms with van der Waals surface area (Å²) in [6.07, 6.45) is -4.52. The van der Waals surface area contributed by atoms with E-state index in [1.54, 1.807) is 0 Å². The highest BCUT2D eigenvalue weighted by Gasteiger charge is 2.35. The van der Waals surface area contributed by atoms with Crippen LogP contribution in [0, 0.1) is 0 Å². The maximum atomic E-state index is 12.3. The molecule has 0 bridgehead atoms. The van der Waals surface area contributed by atoms with Crippen LogP contribution in [0.5, 0.6) is 0 Å². The van der Waals surface area contributed by atoms with Crippen molar-refractivity contribution in [1.29, 1.82) is 0 Å². The molecule has 0 heterocycles. The van der Waals surface area contributed by atoms with E-state index in [1.807, 2.05) is 0 Å². The van der Waals surface area contributed by atoms with Crippen LogP contribution < -0.4 is 0 Å². The van der Waals surface area contributed by atoms with Gasteiger partial charge in [0.05, 0.1) is 0 Å². The number of likely N-dealkylation sites (N-methyl/N-ethyl adjacent to an activating group) is 1. The van der Waals surface area contributed by atoms with Gasteiger partial charge in [-0.2, -0.15) is 13.2 Å². The van der Waals surface area contributed by atoms with E-state index in [1.165, 1.54) is 25.8 Å². The lowest BCUT2D eigenvalue weighted by Crippen LogP contribution is -2.27. The molecule has 15 heavy (non-hydrogen) atoms. The van der Waals surface area contributed by atoms with Gasteiger partial charge >= 0.3 is 6.18 Å². The van der Waals surface area contributed by atoms with Crippen molar-refractivity contribution in [3.05, 3.63) is 11.3 Å². The van der Waals surface area contributed by atoms with Crippen LogP contribution >= 0.6 is 0 Å². The van der Waals surface area contributed by atoms with Gasteiger partial charge in [-0.3, -0.25) is 9.79 Å². The molecule has 0 atom stereocenters. The van der Waals surface area contributed by atoms with E-state index < -0.39 is 11.9 Å². The molecule has 0 rings (SSSR count). The zero-order valence-corrected chi connectivity index (χ0v) is 8.85. The van der Waals surface area contributed by atoms with Crippen molar-refractivity contribution in [2.75, 3.05) is 13.6 Å². The second-order valence-corrected chi connectivity index (χ2v) is 3.16. The zero-order valence-electron chi connectivity index (χ0n) is 8.85. The Kier molecular flexibility index (Phi) is 4.51. The van der Waals surface area contributed by atoms with Gasteiger partial charge < -0.3 is 4.90 Å². The molecule has 0 saturated heterocycles. The normalized spacial score (nSPS) is 13.2. The van der Waals surface area contributed by atoms with Crippen LogP contribution in [0.1, 0.15) is 13.8 Å². The minimum absolute atomic E-state index is 0.0322. The second kappa shape index (κ2) is 4.95. The topological polar surface area (TPSA) is 32.7 Å². The van der Waals surface area contributed by atoms with Crippen molar-refractivity contribution in [1.82, 2.24) is 4.90 Å². The number of halogens is 3. The molecular formula is C9H13F3N2O. The van der Waals surface area contributed by atoms with Crippen LogP contribution in [-0.2, 0) is 4.79 Å². The summed E-state index contributed by atoms with van der Waals surface area (Å²) >= 11 is 0. The Morgan fingerprint density at radius 2 is 1.87 bits per heavy atom. The molecule has 0 radical (unpaired) electrons. The quantitative estimate of drug-likeness (QED) is 0.672. The van der Waals surface area contributed by atoms with E-state index in [9.17, 15) is 18.0 Å². The van der Waals surface area contributed by atoms with Crippen molar-refractivity contribution in [3.63, 3.8) is 0 Å². The van der Waals surface area contributed by atoms with Crippen LogP contribution in [0.2, 0.25) is 0 Å². The molecule has 0 N–H and O–H groups in total. The molecule has 86 valence electrons. The van der Waals surface area contributed by atoms with Crippen molar-refractivity contribution in [3.8, 4) is 0 Å². The first-order chi connectivity index (χ1) is 6.70. The number of alkyl halides is 3. The van der Waals surface area contributed by atoms with Gasteiger partial charge in [0.15, 0.2) is 0 Å². The Bertz CT molecular complexity index is 294. The Hall–Kier alpha value is -1.33. The fourth-order valence-electron chi connectivity index (χ4n) is 1.01. The number of amides is 1. The lowest BCUT2D eigenvalue weighted by molar-refractivity contribution is -0.127. The first-order valence-corrected chi connectivity index (χ1v) is 4.15. The Balaban J connectivity index is 4.91. The number of rotatable bonds is 3. The van der Waals surface area contributed by atoms with E-state index >= 15 is 0 Å². The molecule has 0 saturated carbocycles. The summed E-state index contributed by atoms with van der Waals surface area (Å²) in [6.45, 7) is 5.32. The first-order valence-electron chi connectivity index (χ1n) is 4.15. The highest BCUT2D eigenvalue weighted by Crippen LogP contribution is 2.28. The average Bonchev–Trinajstić information content (AvgIpc) is 2.01. The van der Waals surface area contributed by atoms with Gasteiger partial charge in [0, 0.05) is 20.5 Å². The summed E-state index contributed by atoms with van der Waals surface area (Å²) < 4.78 is 37.0. The molecule has 0 aromatic carbocycles. The highest BCUT2D eigenvalue weighted by molar-refractivity contribution is 5.73. The van der Waals surface area contributed by atoms with Gasteiger partial charge in [0.1, 0.15) is 5.70 Å². The van der Waals surface area contributed by atoms with Crippen molar-refractivity contribution >= 4 is 12.6 Å². The summed E-state index contributed by atoms with van der Waals surface area (Å²) in [4.78, 5) is 14.9. The van der Waals surface area contributed by atoms with E-state index in [4.69, 9.17) is 0 Å². The summed E-state index contributed by atoms with van der Waals surface area (Å²) in [5.74, 6) is -0.306. The zero-order chi connectivity index (χ0) is 12.2. The fraction of sp³-hybridized carbons (Fsp3) is 0.556. The summed E-state index contributed by atoms with van der Waals surface area (Å²) in [5, 5.41) is 0. The van der Waals surface area contributed by atoms with Gasteiger partial charge in [-0.05, 0) is 19.2 Å². The lowest BCUT2D eigenvalue weighted by atomic mass is 10.2. The third-order valence-electron chi connectivity index (χ3n) is 1.84. The average molecular weight is 222 g/mol. The number of carbonyl (C=O) groups excluding carboxylic acids is 1. The minimum atomic E-state index is -4.52. The molecule has 0 spiro atoms.